The van der Waals surface area contributed by atoms with Gasteiger partial charge in [-0.3, -0.25) is 4.79 Å². The van der Waals surface area contributed by atoms with E-state index in [2.05, 4.69) is 10.3 Å². The zero-order valence-electron chi connectivity index (χ0n) is 15.7. The summed E-state index contributed by atoms with van der Waals surface area (Å²) in [6, 6.07) is 2.52. The van der Waals surface area contributed by atoms with Crippen molar-refractivity contribution < 1.29 is 27.0 Å². The highest BCUT2D eigenvalue weighted by Gasteiger charge is 2.37. The predicted molar refractivity (Wildman–Crippen MR) is 99.9 cm³/mol. The van der Waals surface area contributed by atoms with Crippen LogP contribution in [-0.4, -0.2) is 37.2 Å². The molecule has 0 atom stereocenters. The van der Waals surface area contributed by atoms with E-state index in [0.29, 0.717) is 5.39 Å². The van der Waals surface area contributed by atoms with E-state index in [-0.39, 0.29) is 40.3 Å². The molecule has 0 unspecified atom stereocenters. The number of hydrogen-bond acceptors (Lipinski definition) is 7. The maximum atomic E-state index is 14.5. The number of oxime groups is 1. The molecule has 2 aliphatic rings. The van der Waals surface area contributed by atoms with Gasteiger partial charge in [0.2, 0.25) is 15.7 Å². The van der Waals surface area contributed by atoms with Gasteiger partial charge in [-0.25, -0.2) is 12.8 Å². The lowest BCUT2D eigenvalue weighted by molar-refractivity contribution is -0.119. The number of aromatic nitrogens is 1. The Labute approximate surface area is 161 Å². The summed E-state index contributed by atoms with van der Waals surface area (Å²) in [5.74, 6) is -1.33. The van der Waals surface area contributed by atoms with Crippen molar-refractivity contribution in [1.82, 2.24) is 5.16 Å². The first-order chi connectivity index (χ1) is 13.1. The molecule has 0 bridgehead atoms. The predicted octanol–water partition coefficient (Wildman–Crippen LogP) is 2.77. The molecule has 28 heavy (non-hydrogen) atoms. The highest BCUT2D eigenvalue weighted by Crippen LogP contribution is 2.35. The molecule has 2 heterocycles. The number of anilines is 1. The van der Waals surface area contributed by atoms with Crippen molar-refractivity contribution in [2.75, 3.05) is 11.9 Å². The number of carbonyl (C=O) groups excluding carboxylic acids is 1. The SMILES string of the molecule is CN(C(=O)C1CC1)c1cc2c(CS(=O)(=O)C3=NOC(C)(C)C3)noc2cc1F. The smallest absolute Gasteiger partial charge is 0.229 e. The molecule has 8 nitrogen and oxygen atoms in total. The van der Waals surface area contributed by atoms with E-state index in [9.17, 15) is 17.6 Å². The number of amides is 1. The van der Waals surface area contributed by atoms with Crippen molar-refractivity contribution in [3.63, 3.8) is 0 Å². The molecule has 1 saturated carbocycles. The fourth-order valence-corrected chi connectivity index (χ4v) is 4.57. The van der Waals surface area contributed by atoms with Crippen LogP contribution in [0.2, 0.25) is 0 Å². The van der Waals surface area contributed by atoms with Crippen LogP contribution in [0.1, 0.15) is 38.8 Å². The molecule has 150 valence electrons. The summed E-state index contributed by atoms with van der Waals surface area (Å²) < 4.78 is 44.9. The summed E-state index contributed by atoms with van der Waals surface area (Å²) in [4.78, 5) is 18.7. The van der Waals surface area contributed by atoms with Gasteiger partial charge in [0.05, 0.1) is 5.69 Å². The summed E-state index contributed by atoms with van der Waals surface area (Å²) in [6.07, 6.45) is 1.75. The largest absolute Gasteiger partial charge is 0.389 e. The Kier molecular flexibility index (Phi) is 4.22. The van der Waals surface area contributed by atoms with Crippen molar-refractivity contribution in [1.29, 1.82) is 0 Å². The second kappa shape index (κ2) is 6.26. The van der Waals surface area contributed by atoms with Crippen LogP contribution in [0.15, 0.2) is 21.8 Å². The van der Waals surface area contributed by atoms with Gasteiger partial charge in [-0.15, -0.1) is 0 Å². The number of carbonyl (C=O) groups is 1. The number of fused-ring (bicyclic) bond motifs is 1. The standard InChI is InChI=1S/C18H20FN3O5S/c1-18(2)8-16(21-27-18)28(24,25)9-13-11-6-14(12(19)7-15(11)26-20-13)22(3)17(23)10-4-5-10/h6-7,10H,4-5,8-9H2,1-3H3. The Balaban J connectivity index is 1.67. The van der Waals surface area contributed by atoms with Crippen LogP contribution in [-0.2, 0) is 25.2 Å². The summed E-state index contributed by atoms with van der Waals surface area (Å²) in [7, 11) is -2.28. The molecule has 1 aromatic heterocycles. The highest BCUT2D eigenvalue weighted by molar-refractivity contribution is 8.05. The third-order valence-corrected chi connectivity index (χ3v) is 6.48. The minimum absolute atomic E-state index is 0.0583. The fraction of sp³-hybridized carbons (Fsp3) is 0.500. The quantitative estimate of drug-likeness (QED) is 0.769. The van der Waals surface area contributed by atoms with Crippen LogP contribution in [0.3, 0.4) is 0 Å². The number of nitrogens with zero attached hydrogens (tertiary/aromatic N) is 3. The van der Waals surface area contributed by atoms with E-state index in [0.717, 1.165) is 18.9 Å². The molecule has 10 heteroatoms. The molecule has 0 radical (unpaired) electrons. The number of hydrogen-bond donors (Lipinski definition) is 0. The molecule has 1 aromatic carbocycles. The van der Waals surface area contributed by atoms with Crippen molar-refractivity contribution in [2.45, 2.75) is 44.5 Å². The van der Waals surface area contributed by atoms with Gasteiger partial charge in [-0.1, -0.05) is 10.3 Å². The Hall–Kier alpha value is -2.49. The lowest BCUT2D eigenvalue weighted by atomic mass is 10.1. The molecule has 0 spiro atoms. The molecule has 1 aliphatic carbocycles. The van der Waals surface area contributed by atoms with Gasteiger partial charge in [0, 0.05) is 30.8 Å². The van der Waals surface area contributed by atoms with Crippen LogP contribution in [0.25, 0.3) is 11.0 Å². The second-order valence-corrected chi connectivity index (χ2v) is 9.86. The van der Waals surface area contributed by atoms with Crippen molar-refractivity contribution in [3.8, 4) is 0 Å². The van der Waals surface area contributed by atoms with Crippen LogP contribution >= 0.6 is 0 Å². The monoisotopic (exact) mass is 409 g/mol. The van der Waals surface area contributed by atoms with Gasteiger partial charge >= 0.3 is 0 Å². The van der Waals surface area contributed by atoms with Crippen LogP contribution in [0.4, 0.5) is 10.1 Å². The van der Waals surface area contributed by atoms with Crippen molar-refractivity contribution >= 4 is 37.4 Å². The molecule has 4 rings (SSSR count). The molecule has 1 amide bonds. The van der Waals surface area contributed by atoms with E-state index in [1.807, 2.05) is 0 Å². The maximum Gasteiger partial charge on any atom is 0.229 e. The minimum Gasteiger partial charge on any atom is -0.389 e. The van der Waals surface area contributed by atoms with Gasteiger partial charge in [-0.2, -0.15) is 0 Å². The highest BCUT2D eigenvalue weighted by atomic mass is 32.2. The van der Waals surface area contributed by atoms with Gasteiger partial charge in [-0.05, 0) is 32.8 Å². The summed E-state index contributed by atoms with van der Waals surface area (Å²) >= 11 is 0. The number of halogens is 1. The van der Waals surface area contributed by atoms with Crippen molar-refractivity contribution in [2.24, 2.45) is 11.1 Å². The third-order valence-electron chi connectivity index (χ3n) is 4.89. The van der Waals surface area contributed by atoms with Crippen LogP contribution < -0.4 is 4.90 Å². The first-order valence-corrected chi connectivity index (χ1v) is 10.6. The third kappa shape index (κ3) is 3.36. The summed E-state index contributed by atoms with van der Waals surface area (Å²) in [6.45, 7) is 3.48. The number of rotatable bonds is 4. The Morgan fingerprint density at radius 2 is 2.07 bits per heavy atom. The second-order valence-electron chi connectivity index (χ2n) is 7.87. The van der Waals surface area contributed by atoms with E-state index in [4.69, 9.17) is 9.36 Å². The van der Waals surface area contributed by atoms with Gasteiger partial charge in [0.25, 0.3) is 0 Å². The molecule has 2 aromatic rings. The van der Waals surface area contributed by atoms with E-state index >= 15 is 0 Å². The lowest BCUT2D eigenvalue weighted by Gasteiger charge is -2.17. The van der Waals surface area contributed by atoms with Crippen LogP contribution in [0, 0.1) is 11.7 Å². The number of sulfone groups is 1. The zero-order chi connectivity index (χ0) is 20.3. The summed E-state index contributed by atoms with van der Waals surface area (Å²) in [5, 5.41) is 7.77. The zero-order valence-corrected chi connectivity index (χ0v) is 16.5. The van der Waals surface area contributed by atoms with Gasteiger partial charge in [0.15, 0.2) is 16.4 Å². The van der Waals surface area contributed by atoms with E-state index in [1.165, 1.54) is 18.0 Å². The normalized spacial score (nSPS) is 18.8. The van der Waals surface area contributed by atoms with E-state index < -0.39 is 27.0 Å². The summed E-state index contributed by atoms with van der Waals surface area (Å²) in [5.41, 5.74) is -0.371. The molecule has 0 saturated heterocycles. The number of benzene rings is 1. The topological polar surface area (TPSA) is 102 Å². The molecular weight excluding hydrogens is 389 g/mol. The van der Waals surface area contributed by atoms with E-state index in [1.54, 1.807) is 13.8 Å². The Morgan fingerprint density at radius 3 is 2.68 bits per heavy atom. The molecular formula is C18H20FN3O5S. The average molecular weight is 409 g/mol. The van der Waals surface area contributed by atoms with Gasteiger partial charge < -0.3 is 14.3 Å². The maximum absolute atomic E-state index is 14.5. The Morgan fingerprint density at radius 1 is 1.36 bits per heavy atom. The first kappa shape index (κ1) is 18.9. The fourth-order valence-electron chi connectivity index (χ4n) is 3.12. The Bertz CT molecular complexity index is 1100. The van der Waals surface area contributed by atoms with Gasteiger partial charge in [0.1, 0.15) is 17.0 Å². The average Bonchev–Trinajstić information content (AvgIpc) is 3.31. The molecule has 1 aliphatic heterocycles. The molecule has 1 fully saturated rings. The minimum atomic E-state index is -3.78. The van der Waals surface area contributed by atoms with Crippen LogP contribution in [0.5, 0.6) is 0 Å². The molecule has 0 N–H and O–H groups in total. The lowest BCUT2D eigenvalue weighted by Crippen LogP contribution is -2.28. The first-order valence-electron chi connectivity index (χ1n) is 8.90. The van der Waals surface area contributed by atoms with Crippen molar-refractivity contribution in [3.05, 3.63) is 23.6 Å².